The Morgan fingerprint density at radius 1 is 1.08 bits per heavy atom. The largest absolute Gasteiger partial charge is 0.496 e. The zero-order valence-corrected chi connectivity index (χ0v) is 18.1. The second-order valence-corrected chi connectivity index (χ2v) is 14.9. The van der Waals surface area contributed by atoms with E-state index in [0.717, 1.165) is 16.5 Å². The van der Waals surface area contributed by atoms with Gasteiger partial charge in [-0.25, -0.2) is 4.98 Å². The standard InChI is InChI=1S/C19H31BN2O2Si/c1-17(2,3)25(8,9)22-11-10-14-12-15(13-21-16(14)22)20-23-18(4,5)19(6,7)24-20/h10-13H,1-9H3. The summed E-state index contributed by atoms with van der Waals surface area (Å²) >= 11 is 0. The average Bonchev–Trinajstić information content (AvgIpc) is 2.96. The predicted octanol–water partition coefficient (Wildman–Crippen LogP) is 4.19. The number of pyridine rings is 1. The van der Waals surface area contributed by atoms with Crippen LogP contribution in [0.4, 0.5) is 0 Å². The predicted molar refractivity (Wildman–Crippen MR) is 108 cm³/mol. The number of aromatic nitrogens is 2. The highest BCUT2D eigenvalue weighted by molar-refractivity contribution is 6.79. The summed E-state index contributed by atoms with van der Waals surface area (Å²) < 4.78 is 14.7. The Labute approximate surface area is 153 Å². The van der Waals surface area contributed by atoms with E-state index in [4.69, 9.17) is 14.3 Å². The van der Waals surface area contributed by atoms with Gasteiger partial charge in [-0.1, -0.05) is 33.9 Å². The molecule has 0 N–H and O–H groups in total. The third-order valence-electron chi connectivity index (χ3n) is 6.51. The Bertz CT molecular complexity index is 789. The molecule has 0 saturated carbocycles. The van der Waals surface area contributed by atoms with Gasteiger partial charge in [-0.3, -0.25) is 0 Å². The van der Waals surface area contributed by atoms with Gasteiger partial charge in [0.1, 0.15) is 5.65 Å². The fourth-order valence-electron chi connectivity index (χ4n) is 2.96. The lowest BCUT2D eigenvalue weighted by atomic mass is 9.80. The summed E-state index contributed by atoms with van der Waals surface area (Å²) in [6.07, 6.45) is 4.11. The molecule has 0 bridgehead atoms. The van der Waals surface area contributed by atoms with Crippen molar-refractivity contribution in [3.8, 4) is 0 Å². The minimum atomic E-state index is -1.70. The molecule has 0 spiro atoms. The number of hydrogen-bond donors (Lipinski definition) is 0. The zero-order valence-electron chi connectivity index (χ0n) is 17.1. The van der Waals surface area contributed by atoms with E-state index < -0.39 is 8.24 Å². The normalized spacial score (nSPS) is 20.4. The summed E-state index contributed by atoms with van der Waals surface area (Å²) in [6.45, 7) is 20.1. The van der Waals surface area contributed by atoms with Crippen molar-refractivity contribution < 1.29 is 9.31 Å². The molecule has 3 rings (SSSR count). The van der Waals surface area contributed by atoms with Crippen LogP contribution in [0.25, 0.3) is 11.0 Å². The van der Waals surface area contributed by atoms with E-state index in [1.807, 2.05) is 6.20 Å². The molecule has 0 atom stereocenters. The molecule has 25 heavy (non-hydrogen) atoms. The fraction of sp³-hybridized carbons (Fsp3) is 0.632. The third-order valence-corrected chi connectivity index (χ3v) is 11.7. The second kappa shape index (κ2) is 5.44. The summed E-state index contributed by atoms with van der Waals surface area (Å²) in [4.78, 5) is 4.80. The molecule has 0 aliphatic carbocycles. The lowest BCUT2D eigenvalue weighted by Gasteiger charge is -2.38. The van der Waals surface area contributed by atoms with E-state index >= 15 is 0 Å². The topological polar surface area (TPSA) is 36.3 Å². The van der Waals surface area contributed by atoms with Crippen LogP contribution in [0.1, 0.15) is 48.5 Å². The van der Waals surface area contributed by atoms with E-state index in [1.165, 1.54) is 0 Å². The van der Waals surface area contributed by atoms with Crippen LogP contribution >= 0.6 is 0 Å². The van der Waals surface area contributed by atoms with Gasteiger partial charge >= 0.3 is 7.12 Å². The molecule has 4 nitrogen and oxygen atoms in total. The molecule has 1 aliphatic heterocycles. The van der Waals surface area contributed by atoms with Crippen LogP contribution in [-0.4, -0.2) is 35.8 Å². The van der Waals surface area contributed by atoms with E-state index in [2.05, 4.69) is 84.1 Å². The molecule has 2 aromatic heterocycles. The first-order chi connectivity index (χ1) is 11.3. The van der Waals surface area contributed by atoms with E-state index in [0.29, 0.717) is 0 Å². The van der Waals surface area contributed by atoms with Gasteiger partial charge < -0.3 is 13.5 Å². The first-order valence-electron chi connectivity index (χ1n) is 9.09. The van der Waals surface area contributed by atoms with Crippen LogP contribution in [0.2, 0.25) is 18.1 Å². The molecular formula is C19H31BN2O2Si. The van der Waals surface area contributed by atoms with E-state index in [-0.39, 0.29) is 23.4 Å². The highest BCUT2D eigenvalue weighted by Crippen LogP contribution is 2.39. The Balaban J connectivity index is 1.99. The highest BCUT2D eigenvalue weighted by Gasteiger charge is 2.52. The van der Waals surface area contributed by atoms with Crippen molar-refractivity contribution in [2.75, 3.05) is 0 Å². The molecule has 6 heteroatoms. The molecule has 0 aromatic carbocycles. The first kappa shape index (κ1) is 18.7. The van der Waals surface area contributed by atoms with Crippen LogP contribution in [0.5, 0.6) is 0 Å². The maximum Gasteiger partial charge on any atom is 0.496 e. The van der Waals surface area contributed by atoms with Gasteiger partial charge in [-0.2, -0.15) is 0 Å². The summed E-state index contributed by atoms with van der Waals surface area (Å²) in [6, 6.07) is 4.33. The lowest BCUT2D eigenvalue weighted by Crippen LogP contribution is -2.45. The Morgan fingerprint density at radius 3 is 2.16 bits per heavy atom. The summed E-state index contributed by atoms with van der Waals surface area (Å²) in [5.74, 6) is 0. The maximum absolute atomic E-state index is 6.17. The average molecular weight is 358 g/mol. The SMILES string of the molecule is CC1(C)OB(c2cnc3c(ccn3[Si](C)(C)C(C)(C)C)c2)OC1(C)C. The van der Waals surface area contributed by atoms with Crippen molar-refractivity contribution in [1.29, 1.82) is 0 Å². The number of hydrogen-bond acceptors (Lipinski definition) is 3. The van der Waals surface area contributed by atoms with Crippen LogP contribution in [0.3, 0.4) is 0 Å². The van der Waals surface area contributed by atoms with E-state index in [1.54, 1.807) is 0 Å². The molecule has 0 radical (unpaired) electrons. The van der Waals surface area contributed by atoms with Gasteiger partial charge in [0.15, 0.2) is 8.24 Å². The molecule has 1 aliphatic rings. The molecule has 136 valence electrons. The van der Waals surface area contributed by atoms with Crippen molar-refractivity contribution in [3.05, 3.63) is 24.5 Å². The molecule has 1 fully saturated rings. The minimum Gasteiger partial charge on any atom is -0.399 e. The number of fused-ring (bicyclic) bond motifs is 1. The van der Waals surface area contributed by atoms with E-state index in [9.17, 15) is 0 Å². The first-order valence-corrected chi connectivity index (χ1v) is 12.0. The maximum atomic E-state index is 6.17. The Hall–Kier alpha value is -1.11. The van der Waals surface area contributed by atoms with Crippen molar-refractivity contribution in [3.63, 3.8) is 0 Å². The van der Waals surface area contributed by atoms with Crippen molar-refractivity contribution in [2.45, 2.75) is 77.8 Å². The van der Waals surface area contributed by atoms with Crippen LogP contribution in [-0.2, 0) is 9.31 Å². The van der Waals surface area contributed by atoms with Crippen molar-refractivity contribution >= 4 is 31.9 Å². The lowest BCUT2D eigenvalue weighted by molar-refractivity contribution is 0.00578. The quantitative estimate of drug-likeness (QED) is 0.756. The summed E-state index contributed by atoms with van der Waals surface area (Å²) in [5, 5.41) is 1.41. The van der Waals surface area contributed by atoms with Gasteiger partial charge in [0.2, 0.25) is 0 Å². The van der Waals surface area contributed by atoms with Crippen molar-refractivity contribution in [2.24, 2.45) is 0 Å². The fourth-order valence-corrected chi connectivity index (χ4v) is 4.85. The van der Waals surface area contributed by atoms with Gasteiger partial charge in [-0.05, 0) is 51.1 Å². The molecule has 0 unspecified atom stereocenters. The highest BCUT2D eigenvalue weighted by atomic mass is 28.3. The van der Waals surface area contributed by atoms with Gasteiger partial charge in [0.25, 0.3) is 0 Å². The van der Waals surface area contributed by atoms with Crippen molar-refractivity contribution in [1.82, 2.24) is 9.22 Å². The smallest absolute Gasteiger partial charge is 0.399 e. The minimum absolute atomic E-state index is 0.255. The molecule has 0 amide bonds. The van der Waals surface area contributed by atoms with Gasteiger partial charge in [0, 0.05) is 17.0 Å². The number of rotatable bonds is 2. The molecule has 3 heterocycles. The van der Waals surface area contributed by atoms with Gasteiger partial charge in [0.05, 0.1) is 11.2 Å². The molecule has 1 saturated heterocycles. The Kier molecular flexibility index (Phi) is 4.07. The summed E-state index contributed by atoms with van der Waals surface area (Å²) in [5.41, 5.74) is 1.38. The van der Waals surface area contributed by atoms with Gasteiger partial charge in [-0.15, -0.1) is 0 Å². The Morgan fingerprint density at radius 2 is 1.64 bits per heavy atom. The van der Waals surface area contributed by atoms with Crippen LogP contribution in [0, 0.1) is 0 Å². The molecular weight excluding hydrogens is 327 g/mol. The second-order valence-electron chi connectivity index (χ2n) is 9.76. The monoisotopic (exact) mass is 358 g/mol. The number of nitrogens with zero attached hydrogens (tertiary/aromatic N) is 2. The zero-order chi connectivity index (χ0) is 18.8. The molecule has 2 aromatic rings. The summed E-state index contributed by atoms with van der Waals surface area (Å²) in [7, 11) is -2.06. The van der Waals surface area contributed by atoms with Crippen LogP contribution < -0.4 is 5.46 Å². The van der Waals surface area contributed by atoms with Crippen LogP contribution in [0.15, 0.2) is 24.5 Å². The third kappa shape index (κ3) is 2.88.